The van der Waals surface area contributed by atoms with Crippen molar-refractivity contribution in [3.63, 3.8) is 0 Å². The van der Waals surface area contributed by atoms with Gasteiger partial charge >= 0.3 is 0 Å². The number of nitrogens with zero attached hydrogens (tertiary/aromatic N) is 1. The van der Waals surface area contributed by atoms with Crippen molar-refractivity contribution in [3.05, 3.63) is 21.9 Å². The van der Waals surface area contributed by atoms with Gasteiger partial charge in [0.1, 0.15) is 5.25 Å². The van der Waals surface area contributed by atoms with Gasteiger partial charge in [0.25, 0.3) is 0 Å². The molecular weight excluding hydrogens is 288 g/mol. The first-order chi connectivity index (χ1) is 9.81. The Hall–Kier alpha value is -0.520. The van der Waals surface area contributed by atoms with Crippen LogP contribution in [0.15, 0.2) is 11.4 Å². The standard InChI is InChI=1S/C15H22N2OS2/c1-2-7-17(11-3-6-16-10-11)15(18)14-12-4-8-19-13(12)5-9-20-14/h4,8,11,14,16H,2-3,5-7,9-10H2,1H3. The fourth-order valence-corrected chi connectivity index (χ4v) is 5.48. The predicted octanol–water partition coefficient (Wildman–Crippen LogP) is 2.68. The summed E-state index contributed by atoms with van der Waals surface area (Å²) < 4.78 is 0. The minimum atomic E-state index is 0.0390. The Labute approximate surface area is 129 Å². The molecule has 0 aromatic carbocycles. The minimum Gasteiger partial charge on any atom is -0.337 e. The molecule has 2 aliphatic rings. The maximum absolute atomic E-state index is 13.0. The number of hydrogen-bond donors (Lipinski definition) is 1. The number of aryl methyl sites for hydroxylation is 1. The van der Waals surface area contributed by atoms with Gasteiger partial charge in [-0.05, 0) is 48.6 Å². The summed E-state index contributed by atoms with van der Waals surface area (Å²) in [5.74, 6) is 1.41. The van der Waals surface area contributed by atoms with Crippen molar-refractivity contribution in [2.75, 3.05) is 25.4 Å². The third-order valence-electron chi connectivity index (χ3n) is 4.12. The molecule has 0 spiro atoms. The molecule has 1 saturated heterocycles. The van der Waals surface area contributed by atoms with Gasteiger partial charge in [0.2, 0.25) is 5.91 Å². The monoisotopic (exact) mass is 310 g/mol. The van der Waals surface area contributed by atoms with Crippen molar-refractivity contribution in [2.45, 2.75) is 37.5 Å². The van der Waals surface area contributed by atoms with E-state index >= 15 is 0 Å². The Balaban J connectivity index is 1.80. The molecule has 3 nitrogen and oxygen atoms in total. The summed E-state index contributed by atoms with van der Waals surface area (Å²) in [6.45, 7) is 5.05. The molecule has 5 heteroatoms. The number of carbonyl (C=O) groups is 1. The molecule has 1 aromatic heterocycles. The van der Waals surface area contributed by atoms with Crippen molar-refractivity contribution >= 4 is 29.0 Å². The number of fused-ring (bicyclic) bond motifs is 1. The van der Waals surface area contributed by atoms with Crippen LogP contribution in [0.4, 0.5) is 0 Å². The summed E-state index contributed by atoms with van der Waals surface area (Å²) in [5, 5.41) is 5.56. The van der Waals surface area contributed by atoms with Crippen LogP contribution < -0.4 is 5.32 Å². The molecule has 20 heavy (non-hydrogen) atoms. The number of thiophene rings is 1. The lowest BCUT2D eigenvalue weighted by molar-refractivity contribution is -0.132. The van der Waals surface area contributed by atoms with E-state index in [1.54, 1.807) is 0 Å². The Bertz CT molecular complexity index is 468. The number of rotatable bonds is 4. The zero-order valence-corrected chi connectivity index (χ0v) is 13.6. The van der Waals surface area contributed by atoms with E-state index in [-0.39, 0.29) is 5.25 Å². The van der Waals surface area contributed by atoms with E-state index in [9.17, 15) is 4.79 Å². The summed E-state index contributed by atoms with van der Waals surface area (Å²) >= 11 is 3.63. The molecular formula is C15H22N2OS2. The lowest BCUT2D eigenvalue weighted by Crippen LogP contribution is -2.44. The van der Waals surface area contributed by atoms with Gasteiger partial charge in [-0.3, -0.25) is 4.79 Å². The van der Waals surface area contributed by atoms with Crippen molar-refractivity contribution in [3.8, 4) is 0 Å². The number of hydrogen-bond acceptors (Lipinski definition) is 4. The van der Waals surface area contributed by atoms with Crippen molar-refractivity contribution in [1.29, 1.82) is 0 Å². The third-order valence-corrected chi connectivity index (χ3v) is 6.35. The van der Waals surface area contributed by atoms with E-state index in [1.165, 1.54) is 10.4 Å². The van der Waals surface area contributed by atoms with Crippen molar-refractivity contribution < 1.29 is 4.79 Å². The molecule has 2 aliphatic heterocycles. The predicted molar refractivity (Wildman–Crippen MR) is 86.5 cm³/mol. The van der Waals surface area contributed by atoms with Crippen LogP contribution in [0.25, 0.3) is 0 Å². The van der Waals surface area contributed by atoms with Crippen LogP contribution in [0.3, 0.4) is 0 Å². The first-order valence-electron chi connectivity index (χ1n) is 7.50. The second-order valence-electron chi connectivity index (χ2n) is 5.48. The smallest absolute Gasteiger partial charge is 0.240 e. The van der Waals surface area contributed by atoms with Crippen LogP contribution in [0, 0.1) is 0 Å². The van der Waals surface area contributed by atoms with E-state index in [4.69, 9.17) is 0 Å². The molecule has 2 atom stereocenters. The second kappa shape index (κ2) is 6.50. The van der Waals surface area contributed by atoms with Crippen molar-refractivity contribution in [2.24, 2.45) is 0 Å². The minimum absolute atomic E-state index is 0.0390. The molecule has 3 rings (SSSR count). The summed E-state index contributed by atoms with van der Waals surface area (Å²) in [6.07, 6.45) is 3.26. The molecule has 2 unspecified atom stereocenters. The molecule has 0 radical (unpaired) electrons. The topological polar surface area (TPSA) is 32.3 Å². The normalized spacial score (nSPS) is 25.4. The van der Waals surface area contributed by atoms with Crippen LogP contribution in [0.2, 0.25) is 0 Å². The molecule has 3 heterocycles. The van der Waals surface area contributed by atoms with Gasteiger partial charge in [0.15, 0.2) is 0 Å². The highest BCUT2D eigenvalue weighted by Gasteiger charge is 2.34. The zero-order chi connectivity index (χ0) is 13.9. The van der Waals surface area contributed by atoms with E-state index in [0.29, 0.717) is 11.9 Å². The van der Waals surface area contributed by atoms with Gasteiger partial charge in [-0.15, -0.1) is 23.1 Å². The van der Waals surface area contributed by atoms with Gasteiger partial charge < -0.3 is 10.2 Å². The lowest BCUT2D eigenvalue weighted by Gasteiger charge is -2.33. The number of nitrogens with one attached hydrogen (secondary N) is 1. The average Bonchev–Trinajstić information content (AvgIpc) is 3.14. The van der Waals surface area contributed by atoms with E-state index in [2.05, 4.69) is 28.6 Å². The number of carbonyl (C=O) groups excluding carboxylic acids is 1. The maximum Gasteiger partial charge on any atom is 0.240 e. The highest BCUT2D eigenvalue weighted by molar-refractivity contribution is 8.00. The van der Waals surface area contributed by atoms with Gasteiger partial charge in [0.05, 0.1) is 0 Å². The van der Waals surface area contributed by atoms with Crippen LogP contribution in [-0.4, -0.2) is 42.2 Å². The van der Waals surface area contributed by atoms with Gasteiger partial charge in [-0.25, -0.2) is 0 Å². The van der Waals surface area contributed by atoms with Crippen LogP contribution >= 0.6 is 23.1 Å². The molecule has 0 bridgehead atoms. The fourth-order valence-electron chi connectivity index (χ4n) is 3.12. The largest absolute Gasteiger partial charge is 0.337 e. The zero-order valence-electron chi connectivity index (χ0n) is 11.9. The molecule has 1 fully saturated rings. The van der Waals surface area contributed by atoms with Crippen molar-refractivity contribution in [1.82, 2.24) is 10.2 Å². The lowest BCUT2D eigenvalue weighted by atomic mass is 10.1. The summed E-state index contributed by atoms with van der Waals surface area (Å²) in [5.41, 5.74) is 1.28. The molecule has 1 aromatic rings. The van der Waals surface area contributed by atoms with Crippen LogP contribution in [0.5, 0.6) is 0 Å². The van der Waals surface area contributed by atoms with E-state index in [0.717, 1.165) is 44.6 Å². The molecule has 110 valence electrons. The molecule has 0 aliphatic carbocycles. The number of thioether (sulfide) groups is 1. The molecule has 1 amide bonds. The Kier molecular flexibility index (Phi) is 4.68. The molecule has 1 N–H and O–H groups in total. The van der Waals surface area contributed by atoms with Crippen LogP contribution in [0.1, 0.15) is 35.5 Å². The average molecular weight is 310 g/mol. The highest BCUT2D eigenvalue weighted by atomic mass is 32.2. The summed E-state index contributed by atoms with van der Waals surface area (Å²) in [6, 6.07) is 2.55. The Morgan fingerprint density at radius 3 is 3.20 bits per heavy atom. The maximum atomic E-state index is 13.0. The summed E-state index contributed by atoms with van der Waals surface area (Å²) in [7, 11) is 0. The first-order valence-corrected chi connectivity index (χ1v) is 9.43. The SMILES string of the molecule is CCCN(C(=O)C1SCCc2sccc21)C1CCNC1. The fraction of sp³-hybridized carbons (Fsp3) is 0.667. The van der Waals surface area contributed by atoms with Gasteiger partial charge in [-0.1, -0.05) is 6.92 Å². The van der Waals surface area contributed by atoms with Gasteiger partial charge in [-0.2, -0.15) is 0 Å². The Morgan fingerprint density at radius 2 is 2.45 bits per heavy atom. The van der Waals surface area contributed by atoms with E-state index in [1.807, 2.05) is 23.1 Å². The third kappa shape index (κ3) is 2.76. The van der Waals surface area contributed by atoms with Crippen LogP contribution in [-0.2, 0) is 11.2 Å². The second-order valence-corrected chi connectivity index (χ2v) is 7.69. The van der Waals surface area contributed by atoms with Gasteiger partial charge in [0, 0.05) is 24.0 Å². The summed E-state index contributed by atoms with van der Waals surface area (Å²) in [4.78, 5) is 16.6. The number of amides is 1. The highest BCUT2D eigenvalue weighted by Crippen LogP contribution is 2.40. The Morgan fingerprint density at radius 1 is 1.55 bits per heavy atom. The molecule has 0 saturated carbocycles. The first kappa shape index (κ1) is 14.4. The quantitative estimate of drug-likeness (QED) is 0.928. The van der Waals surface area contributed by atoms with E-state index < -0.39 is 0 Å².